The zero-order valence-corrected chi connectivity index (χ0v) is 12.5. The van der Waals surface area contributed by atoms with Crippen molar-refractivity contribution in [1.29, 1.82) is 0 Å². The normalized spacial score (nSPS) is 12.8. The molecule has 17 heavy (non-hydrogen) atoms. The number of rotatable bonds is 13. The molecule has 0 N–H and O–H groups in total. The van der Waals surface area contributed by atoms with Crippen molar-refractivity contribution in [3.63, 3.8) is 0 Å². The van der Waals surface area contributed by atoms with Crippen molar-refractivity contribution in [2.75, 3.05) is 12.4 Å². The summed E-state index contributed by atoms with van der Waals surface area (Å²) < 4.78 is 16.2. The maximum absolute atomic E-state index is 11.2. The van der Waals surface area contributed by atoms with Gasteiger partial charge in [-0.1, -0.05) is 64.7 Å². The second kappa shape index (κ2) is 14.2. The van der Waals surface area contributed by atoms with Crippen LogP contribution in [0.25, 0.3) is 0 Å². The topological polar surface area (TPSA) is 26.3 Å². The van der Waals surface area contributed by atoms with Crippen LogP contribution in [0.15, 0.2) is 0 Å². The van der Waals surface area contributed by atoms with Crippen LogP contribution in [0.1, 0.15) is 78.1 Å². The fourth-order valence-corrected chi connectivity index (χ4v) is 2.72. The van der Waals surface area contributed by atoms with Crippen molar-refractivity contribution in [1.82, 2.24) is 0 Å². The molecule has 0 aromatic carbocycles. The highest BCUT2D eigenvalue weighted by atomic mass is 32.2. The van der Waals surface area contributed by atoms with Crippen molar-refractivity contribution >= 4 is 11.1 Å². The summed E-state index contributed by atoms with van der Waals surface area (Å²) in [5, 5.41) is 0. The fraction of sp³-hybridized carbons (Fsp3) is 1.00. The molecular weight excluding hydrogens is 232 g/mol. The predicted molar refractivity (Wildman–Crippen MR) is 76.5 cm³/mol. The molecule has 0 aromatic heterocycles. The van der Waals surface area contributed by atoms with E-state index in [2.05, 4.69) is 6.92 Å². The van der Waals surface area contributed by atoms with Gasteiger partial charge in [0.05, 0.1) is 6.61 Å². The molecule has 3 heteroatoms. The summed E-state index contributed by atoms with van der Waals surface area (Å²) in [6.07, 6.45) is 13.2. The molecule has 0 aliphatic carbocycles. The van der Waals surface area contributed by atoms with Crippen LogP contribution in [0.5, 0.6) is 0 Å². The van der Waals surface area contributed by atoms with E-state index in [9.17, 15) is 4.21 Å². The van der Waals surface area contributed by atoms with Crippen LogP contribution in [0, 0.1) is 0 Å². The maximum Gasteiger partial charge on any atom is 0.155 e. The summed E-state index contributed by atoms with van der Waals surface area (Å²) in [4.78, 5) is 0. The minimum absolute atomic E-state index is 0.560. The molecular formula is C14H30O2S. The molecule has 0 heterocycles. The van der Waals surface area contributed by atoms with Crippen LogP contribution in [0.4, 0.5) is 0 Å². The first-order valence-electron chi connectivity index (χ1n) is 7.32. The highest BCUT2D eigenvalue weighted by molar-refractivity contribution is 7.80. The third-order valence-electron chi connectivity index (χ3n) is 2.91. The van der Waals surface area contributed by atoms with Gasteiger partial charge in [0.25, 0.3) is 0 Å². The Hall–Kier alpha value is 0.110. The molecule has 0 fully saturated rings. The third-order valence-corrected chi connectivity index (χ3v) is 4.03. The molecule has 104 valence electrons. The second-order valence-electron chi connectivity index (χ2n) is 4.60. The highest BCUT2D eigenvalue weighted by Gasteiger charge is 1.98. The fourth-order valence-electron chi connectivity index (χ4n) is 1.90. The van der Waals surface area contributed by atoms with Gasteiger partial charge in [0, 0.05) is 5.75 Å². The van der Waals surface area contributed by atoms with Gasteiger partial charge < -0.3 is 0 Å². The first-order chi connectivity index (χ1) is 8.31. The van der Waals surface area contributed by atoms with Crippen molar-refractivity contribution in [3.8, 4) is 0 Å². The van der Waals surface area contributed by atoms with Gasteiger partial charge in [-0.15, -0.1) is 0 Å². The average Bonchev–Trinajstić information content (AvgIpc) is 2.32. The molecule has 0 saturated carbocycles. The molecule has 0 aliphatic rings. The Morgan fingerprint density at radius 2 is 1.24 bits per heavy atom. The monoisotopic (exact) mass is 262 g/mol. The molecule has 0 spiro atoms. The molecule has 0 aliphatic heterocycles. The van der Waals surface area contributed by atoms with Crippen LogP contribution in [0.2, 0.25) is 0 Å². The summed E-state index contributed by atoms with van der Waals surface area (Å²) in [6, 6.07) is 0. The van der Waals surface area contributed by atoms with E-state index in [-0.39, 0.29) is 0 Å². The molecule has 1 unspecified atom stereocenters. The Morgan fingerprint density at radius 1 is 0.765 bits per heavy atom. The average molecular weight is 262 g/mol. The van der Waals surface area contributed by atoms with Crippen LogP contribution in [0.3, 0.4) is 0 Å². The standard InChI is InChI=1S/C14H30O2S/c1-3-5-6-7-8-9-10-11-12-13-14-17(15)16-4-2/h3-14H2,1-2H3. The summed E-state index contributed by atoms with van der Waals surface area (Å²) in [6.45, 7) is 4.70. The van der Waals surface area contributed by atoms with Gasteiger partial charge in [0.1, 0.15) is 0 Å². The van der Waals surface area contributed by atoms with Gasteiger partial charge in [0.15, 0.2) is 11.1 Å². The highest BCUT2D eigenvalue weighted by Crippen LogP contribution is 2.10. The lowest BCUT2D eigenvalue weighted by Crippen LogP contribution is -2.01. The summed E-state index contributed by atoms with van der Waals surface area (Å²) in [7, 11) is 0. The molecule has 0 amide bonds. The van der Waals surface area contributed by atoms with E-state index in [1.54, 1.807) is 0 Å². The van der Waals surface area contributed by atoms with Crippen molar-refractivity contribution in [3.05, 3.63) is 0 Å². The zero-order valence-electron chi connectivity index (χ0n) is 11.7. The van der Waals surface area contributed by atoms with Crippen LogP contribution < -0.4 is 0 Å². The van der Waals surface area contributed by atoms with E-state index >= 15 is 0 Å². The van der Waals surface area contributed by atoms with Crippen LogP contribution in [-0.4, -0.2) is 16.6 Å². The van der Waals surface area contributed by atoms with E-state index in [1.165, 1.54) is 57.8 Å². The Kier molecular flexibility index (Phi) is 14.3. The lowest BCUT2D eigenvalue weighted by molar-refractivity contribution is 0.370. The number of hydrogen-bond acceptors (Lipinski definition) is 2. The molecule has 2 nitrogen and oxygen atoms in total. The SMILES string of the molecule is CCCCCCCCCCCCS(=O)OCC. The van der Waals surface area contributed by atoms with Crippen molar-refractivity contribution in [2.45, 2.75) is 78.1 Å². The van der Waals surface area contributed by atoms with Gasteiger partial charge in [-0.05, 0) is 13.3 Å². The first-order valence-corrected chi connectivity index (χ1v) is 8.57. The largest absolute Gasteiger partial charge is 0.291 e. The quantitative estimate of drug-likeness (QED) is 0.453. The Labute approximate surface area is 110 Å². The first kappa shape index (κ1) is 17.1. The lowest BCUT2D eigenvalue weighted by atomic mass is 10.1. The van der Waals surface area contributed by atoms with Gasteiger partial charge in [-0.25, -0.2) is 4.21 Å². The summed E-state index contributed by atoms with van der Waals surface area (Å²) >= 11 is -1.03. The Morgan fingerprint density at radius 3 is 1.71 bits per heavy atom. The predicted octanol–water partition coefficient (Wildman–Crippen LogP) is 4.61. The van der Waals surface area contributed by atoms with Crippen molar-refractivity contribution in [2.24, 2.45) is 0 Å². The van der Waals surface area contributed by atoms with Gasteiger partial charge in [-0.2, -0.15) is 0 Å². The number of unbranched alkanes of at least 4 members (excludes halogenated alkanes) is 9. The summed E-state index contributed by atoms with van der Waals surface area (Å²) in [5.41, 5.74) is 0. The lowest BCUT2D eigenvalue weighted by Gasteiger charge is -2.02. The molecule has 0 aromatic rings. The van der Waals surface area contributed by atoms with E-state index in [4.69, 9.17) is 4.18 Å². The smallest absolute Gasteiger partial charge is 0.155 e. The summed E-state index contributed by atoms with van der Waals surface area (Å²) in [5.74, 6) is 0.713. The zero-order chi connectivity index (χ0) is 12.8. The van der Waals surface area contributed by atoms with E-state index < -0.39 is 11.1 Å². The minimum atomic E-state index is -1.03. The molecule has 1 atom stereocenters. The van der Waals surface area contributed by atoms with E-state index in [0.29, 0.717) is 12.4 Å². The third kappa shape index (κ3) is 14.0. The van der Waals surface area contributed by atoms with Gasteiger partial charge >= 0.3 is 0 Å². The molecule has 0 saturated heterocycles. The van der Waals surface area contributed by atoms with Crippen molar-refractivity contribution < 1.29 is 8.39 Å². The molecule has 0 radical (unpaired) electrons. The van der Waals surface area contributed by atoms with Gasteiger partial charge in [0.2, 0.25) is 0 Å². The minimum Gasteiger partial charge on any atom is -0.291 e. The Balaban J connectivity index is 3.01. The van der Waals surface area contributed by atoms with E-state index in [1.807, 2.05) is 6.92 Å². The van der Waals surface area contributed by atoms with Crippen LogP contribution in [-0.2, 0) is 15.3 Å². The molecule has 0 bridgehead atoms. The number of hydrogen-bond donors (Lipinski definition) is 0. The maximum atomic E-state index is 11.2. The molecule has 0 rings (SSSR count). The van der Waals surface area contributed by atoms with Crippen LogP contribution >= 0.6 is 0 Å². The van der Waals surface area contributed by atoms with Gasteiger partial charge in [-0.3, -0.25) is 4.18 Å². The second-order valence-corrected chi connectivity index (χ2v) is 5.85. The van der Waals surface area contributed by atoms with E-state index in [0.717, 1.165) is 6.42 Å². The Bertz CT molecular complexity index is 172.